The maximum atomic E-state index is 5.19. The fraction of sp³-hybridized carbons (Fsp3) is 0.100. The normalized spacial score (nSPS) is 10.9. The molecule has 0 aliphatic heterocycles. The summed E-state index contributed by atoms with van der Waals surface area (Å²) in [5.74, 6) is 0.768. The van der Waals surface area contributed by atoms with Crippen molar-refractivity contribution in [2.75, 3.05) is 12.4 Å². The predicted octanol–water partition coefficient (Wildman–Crippen LogP) is 1.91. The Labute approximate surface area is 101 Å². The van der Waals surface area contributed by atoms with Crippen molar-refractivity contribution in [2.24, 2.45) is 0 Å². The van der Waals surface area contributed by atoms with Crippen LogP contribution in [0.25, 0.3) is 5.65 Å². The molecule has 0 amide bonds. The second-order valence-corrected chi connectivity index (χ2v) is 4.18. The van der Waals surface area contributed by atoms with E-state index in [9.17, 15) is 0 Å². The number of nitrogens with zero attached hydrogens (tertiary/aromatic N) is 4. The van der Waals surface area contributed by atoms with Crippen molar-refractivity contribution >= 4 is 23.2 Å². The van der Waals surface area contributed by atoms with Crippen LogP contribution in [0, 0.1) is 0 Å². The molecule has 3 heterocycles. The lowest BCUT2D eigenvalue weighted by molar-refractivity contribution is 0.454. The summed E-state index contributed by atoms with van der Waals surface area (Å²) in [6, 6.07) is 0. The van der Waals surface area contributed by atoms with E-state index in [0.717, 1.165) is 16.5 Å². The van der Waals surface area contributed by atoms with Gasteiger partial charge in [0.25, 0.3) is 5.22 Å². The minimum absolute atomic E-state index is 0.552. The summed E-state index contributed by atoms with van der Waals surface area (Å²) in [5, 5.41) is 4.31. The van der Waals surface area contributed by atoms with Gasteiger partial charge in [-0.3, -0.25) is 0 Å². The third-order valence-corrected chi connectivity index (χ3v) is 3.04. The zero-order chi connectivity index (χ0) is 11.7. The van der Waals surface area contributed by atoms with Gasteiger partial charge in [-0.2, -0.15) is 0 Å². The molecule has 0 saturated heterocycles. The van der Waals surface area contributed by atoms with Gasteiger partial charge in [-0.15, -0.1) is 0 Å². The first-order valence-corrected chi connectivity index (χ1v) is 5.77. The SMILES string of the molecule is CNc1cn2ccnc2c(Sc2ncco2)n1. The molecular formula is C10H9N5OS. The number of rotatable bonds is 3. The summed E-state index contributed by atoms with van der Waals surface area (Å²) in [4.78, 5) is 12.7. The van der Waals surface area contributed by atoms with Gasteiger partial charge < -0.3 is 14.1 Å². The molecule has 0 spiro atoms. The van der Waals surface area contributed by atoms with Gasteiger partial charge in [0.05, 0.1) is 12.4 Å². The van der Waals surface area contributed by atoms with E-state index in [1.807, 2.05) is 23.8 Å². The Bertz CT molecular complexity index is 633. The number of nitrogens with one attached hydrogen (secondary N) is 1. The Balaban J connectivity index is 2.10. The van der Waals surface area contributed by atoms with Crippen LogP contribution in [0.1, 0.15) is 0 Å². The molecule has 3 aromatic rings. The van der Waals surface area contributed by atoms with Gasteiger partial charge in [0, 0.05) is 19.4 Å². The Hall–Kier alpha value is -2.02. The third-order valence-electron chi connectivity index (χ3n) is 2.19. The zero-order valence-corrected chi connectivity index (χ0v) is 9.81. The quantitative estimate of drug-likeness (QED) is 0.762. The molecule has 0 aromatic carbocycles. The molecule has 0 atom stereocenters. The smallest absolute Gasteiger partial charge is 0.262 e. The number of hydrogen-bond acceptors (Lipinski definition) is 6. The van der Waals surface area contributed by atoms with Gasteiger partial charge in [-0.05, 0) is 11.8 Å². The highest BCUT2D eigenvalue weighted by Crippen LogP contribution is 2.28. The Morgan fingerprint density at radius 1 is 1.35 bits per heavy atom. The number of oxazole rings is 1. The number of imidazole rings is 1. The predicted molar refractivity (Wildman–Crippen MR) is 63.2 cm³/mol. The lowest BCUT2D eigenvalue weighted by atomic mass is 10.6. The fourth-order valence-electron chi connectivity index (χ4n) is 1.44. The minimum atomic E-state index is 0.552. The molecule has 17 heavy (non-hydrogen) atoms. The second-order valence-electron chi connectivity index (χ2n) is 3.24. The summed E-state index contributed by atoms with van der Waals surface area (Å²) in [6.45, 7) is 0. The zero-order valence-electron chi connectivity index (χ0n) is 8.99. The maximum absolute atomic E-state index is 5.19. The highest BCUT2D eigenvalue weighted by molar-refractivity contribution is 7.99. The lowest BCUT2D eigenvalue weighted by Gasteiger charge is -2.04. The minimum Gasteiger partial charge on any atom is -0.440 e. The summed E-state index contributed by atoms with van der Waals surface area (Å²) in [7, 11) is 1.82. The topological polar surface area (TPSA) is 68.2 Å². The van der Waals surface area contributed by atoms with Crippen LogP contribution in [0.15, 0.2) is 45.7 Å². The molecule has 0 saturated carbocycles. The van der Waals surface area contributed by atoms with Crippen LogP contribution >= 0.6 is 11.8 Å². The highest BCUT2D eigenvalue weighted by atomic mass is 32.2. The number of anilines is 1. The van der Waals surface area contributed by atoms with E-state index >= 15 is 0 Å². The van der Waals surface area contributed by atoms with Gasteiger partial charge in [-0.25, -0.2) is 15.0 Å². The first-order chi connectivity index (χ1) is 8.36. The van der Waals surface area contributed by atoms with Crippen LogP contribution in [-0.4, -0.2) is 26.4 Å². The first kappa shape index (κ1) is 10.2. The maximum Gasteiger partial charge on any atom is 0.262 e. The van der Waals surface area contributed by atoms with Crippen LogP contribution in [0.2, 0.25) is 0 Å². The van der Waals surface area contributed by atoms with Crippen molar-refractivity contribution < 1.29 is 4.42 Å². The van der Waals surface area contributed by atoms with E-state index < -0.39 is 0 Å². The molecule has 6 nitrogen and oxygen atoms in total. The molecule has 0 unspecified atom stereocenters. The van der Waals surface area contributed by atoms with Gasteiger partial charge in [-0.1, -0.05) is 0 Å². The number of hydrogen-bond donors (Lipinski definition) is 1. The molecule has 86 valence electrons. The van der Waals surface area contributed by atoms with Crippen LogP contribution in [0.5, 0.6) is 0 Å². The van der Waals surface area contributed by atoms with Crippen molar-refractivity contribution in [3.63, 3.8) is 0 Å². The summed E-state index contributed by atoms with van der Waals surface area (Å²) in [5.41, 5.74) is 0.784. The molecule has 7 heteroatoms. The van der Waals surface area contributed by atoms with Gasteiger partial charge >= 0.3 is 0 Å². The molecule has 0 bridgehead atoms. The Morgan fingerprint density at radius 3 is 3.06 bits per heavy atom. The van der Waals surface area contributed by atoms with Crippen molar-refractivity contribution in [2.45, 2.75) is 10.2 Å². The van der Waals surface area contributed by atoms with Gasteiger partial charge in [0.2, 0.25) is 0 Å². The van der Waals surface area contributed by atoms with E-state index in [4.69, 9.17) is 4.42 Å². The lowest BCUT2D eigenvalue weighted by Crippen LogP contribution is -1.98. The third kappa shape index (κ3) is 1.84. The van der Waals surface area contributed by atoms with Crippen LogP contribution in [0.3, 0.4) is 0 Å². The number of fused-ring (bicyclic) bond motifs is 1. The second kappa shape index (κ2) is 4.10. The van der Waals surface area contributed by atoms with Gasteiger partial charge in [0.1, 0.15) is 12.1 Å². The average Bonchev–Trinajstić information content (AvgIpc) is 2.98. The average molecular weight is 247 g/mol. The summed E-state index contributed by atoms with van der Waals surface area (Å²) >= 11 is 1.35. The van der Waals surface area contributed by atoms with E-state index in [-0.39, 0.29) is 0 Å². The van der Waals surface area contributed by atoms with Gasteiger partial charge in [0.15, 0.2) is 10.7 Å². The highest BCUT2D eigenvalue weighted by Gasteiger charge is 2.11. The molecule has 1 N–H and O–H groups in total. The molecule has 0 aliphatic rings. The molecular weight excluding hydrogens is 238 g/mol. The van der Waals surface area contributed by atoms with Crippen molar-refractivity contribution in [3.8, 4) is 0 Å². The monoisotopic (exact) mass is 247 g/mol. The van der Waals surface area contributed by atoms with Crippen LogP contribution < -0.4 is 5.32 Å². The molecule has 0 aliphatic carbocycles. The molecule has 3 rings (SSSR count). The Kier molecular flexibility index (Phi) is 2.45. The van der Waals surface area contributed by atoms with E-state index in [0.29, 0.717) is 5.22 Å². The standard InChI is InChI=1S/C10H9N5OS/c1-11-7-6-15-4-2-12-8(15)9(14-7)17-10-13-3-5-16-10/h2-6,11H,1H3. The molecule has 0 fully saturated rings. The van der Waals surface area contributed by atoms with Crippen LogP contribution in [-0.2, 0) is 0 Å². The molecule has 3 aromatic heterocycles. The van der Waals surface area contributed by atoms with Crippen molar-refractivity contribution in [3.05, 3.63) is 31.1 Å². The van der Waals surface area contributed by atoms with E-state index in [1.54, 1.807) is 12.4 Å². The first-order valence-electron chi connectivity index (χ1n) is 4.95. The fourth-order valence-corrected chi connectivity index (χ4v) is 2.21. The summed E-state index contributed by atoms with van der Waals surface area (Å²) < 4.78 is 7.10. The Morgan fingerprint density at radius 2 is 2.29 bits per heavy atom. The van der Waals surface area contributed by atoms with Crippen LogP contribution in [0.4, 0.5) is 5.82 Å². The van der Waals surface area contributed by atoms with E-state index in [2.05, 4.69) is 20.3 Å². The summed E-state index contributed by atoms with van der Waals surface area (Å²) in [6.07, 6.45) is 8.62. The molecule has 0 radical (unpaired) electrons. The van der Waals surface area contributed by atoms with Crippen molar-refractivity contribution in [1.29, 1.82) is 0 Å². The number of aromatic nitrogens is 4. The van der Waals surface area contributed by atoms with E-state index in [1.165, 1.54) is 18.0 Å². The largest absolute Gasteiger partial charge is 0.440 e. The van der Waals surface area contributed by atoms with Crippen molar-refractivity contribution in [1.82, 2.24) is 19.4 Å².